The SMILES string of the molecule is CC1(C)[C@@H]2C[C@H]3OB([C@H]4CCCN4)O[C@]3(C)[C@H]1C2. The van der Waals surface area contributed by atoms with Gasteiger partial charge in [-0.3, -0.25) is 0 Å². The summed E-state index contributed by atoms with van der Waals surface area (Å²) in [6, 6.07) is 0. The van der Waals surface area contributed by atoms with Crippen molar-refractivity contribution in [1.29, 1.82) is 0 Å². The van der Waals surface area contributed by atoms with E-state index in [1.54, 1.807) is 0 Å². The third kappa shape index (κ3) is 1.32. The minimum Gasteiger partial charge on any atom is -0.404 e. The topological polar surface area (TPSA) is 30.5 Å². The molecule has 18 heavy (non-hydrogen) atoms. The molecular weight excluding hydrogens is 225 g/mol. The average molecular weight is 249 g/mol. The third-order valence-corrected chi connectivity index (χ3v) is 6.40. The fourth-order valence-electron chi connectivity index (χ4n) is 5.01. The molecule has 5 aliphatic rings. The standard InChI is InChI=1S/C14H24BNO2/c1-13(2)9-7-10(13)14(3)11(8-9)17-15(18-14)12-5-4-6-16-12/h9-12,16H,4-8H2,1-3H3/t9-,10-,11+,12+,14+/m0/s1. The van der Waals surface area contributed by atoms with Crippen LogP contribution in [0.5, 0.6) is 0 Å². The van der Waals surface area contributed by atoms with Gasteiger partial charge in [0.1, 0.15) is 0 Å². The lowest BCUT2D eigenvalue weighted by atomic mass is 9.43. The molecule has 2 aliphatic heterocycles. The van der Waals surface area contributed by atoms with Gasteiger partial charge < -0.3 is 14.6 Å². The van der Waals surface area contributed by atoms with Gasteiger partial charge in [-0.05, 0) is 56.4 Å². The van der Waals surface area contributed by atoms with Crippen LogP contribution in [-0.4, -0.2) is 31.3 Å². The summed E-state index contributed by atoms with van der Waals surface area (Å²) in [5.74, 6) is 1.95. The van der Waals surface area contributed by atoms with Crippen molar-refractivity contribution in [3.05, 3.63) is 0 Å². The predicted molar refractivity (Wildman–Crippen MR) is 71.1 cm³/mol. The first-order valence-corrected chi connectivity index (χ1v) is 7.58. The maximum Gasteiger partial charge on any atom is 0.475 e. The molecule has 100 valence electrons. The maximum atomic E-state index is 6.44. The van der Waals surface area contributed by atoms with E-state index in [4.69, 9.17) is 9.31 Å². The van der Waals surface area contributed by atoms with Crippen molar-refractivity contribution in [2.24, 2.45) is 17.3 Å². The van der Waals surface area contributed by atoms with Crippen LogP contribution in [0.2, 0.25) is 0 Å². The van der Waals surface area contributed by atoms with E-state index in [2.05, 4.69) is 26.1 Å². The lowest BCUT2D eigenvalue weighted by Crippen LogP contribution is -2.65. The fraction of sp³-hybridized carbons (Fsp3) is 1.00. The molecule has 5 rings (SSSR count). The molecule has 3 nitrogen and oxygen atoms in total. The molecule has 5 fully saturated rings. The Bertz CT molecular complexity index is 369. The van der Waals surface area contributed by atoms with Gasteiger partial charge in [0.15, 0.2) is 0 Å². The second kappa shape index (κ2) is 3.53. The quantitative estimate of drug-likeness (QED) is 0.721. The Hall–Kier alpha value is -0.0551. The van der Waals surface area contributed by atoms with Crippen molar-refractivity contribution in [2.45, 2.75) is 64.1 Å². The largest absolute Gasteiger partial charge is 0.475 e. The van der Waals surface area contributed by atoms with E-state index in [0.29, 0.717) is 23.4 Å². The zero-order valence-electron chi connectivity index (χ0n) is 11.7. The van der Waals surface area contributed by atoms with Gasteiger partial charge in [-0.1, -0.05) is 13.8 Å². The predicted octanol–water partition coefficient (Wildman–Crippen LogP) is 2.01. The Labute approximate surface area is 110 Å². The molecule has 0 aromatic heterocycles. The smallest absolute Gasteiger partial charge is 0.404 e. The molecule has 0 amide bonds. The molecule has 2 heterocycles. The summed E-state index contributed by atoms with van der Waals surface area (Å²) in [4.78, 5) is 0. The average Bonchev–Trinajstić information content (AvgIpc) is 2.92. The van der Waals surface area contributed by atoms with Crippen molar-refractivity contribution in [3.63, 3.8) is 0 Å². The highest BCUT2D eigenvalue weighted by Gasteiger charge is 2.68. The number of hydrogen-bond donors (Lipinski definition) is 1. The second-order valence-corrected chi connectivity index (χ2v) is 7.54. The Balaban J connectivity index is 1.57. The minimum absolute atomic E-state index is 0.00218. The van der Waals surface area contributed by atoms with Crippen molar-refractivity contribution in [3.8, 4) is 0 Å². The molecule has 0 spiro atoms. The molecule has 0 aromatic rings. The Kier molecular flexibility index (Phi) is 2.30. The van der Waals surface area contributed by atoms with Gasteiger partial charge in [-0.25, -0.2) is 0 Å². The zero-order chi connectivity index (χ0) is 12.5. The van der Waals surface area contributed by atoms with Gasteiger partial charge in [0.25, 0.3) is 0 Å². The summed E-state index contributed by atoms with van der Waals surface area (Å²) in [6.45, 7) is 8.25. The van der Waals surface area contributed by atoms with Crippen LogP contribution in [0.15, 0.2) is 0 Å². The van der Waals surface area contributed by atoms with Gasteiger partial charge in [0.2, 0.25) is 0 Å². The first-order chi connectivity index (χ1) is 8.52. The molecule has 3 saturated carbocycles. The van der Waals surface area contributed by atoms with Crippen LogP contribution in [0.1, 0.15) is 46.5 Å². The van der Waals surface area contributed by atoms with Crippen LogP contribution < -0.4 is 5.32 Å². The van der Waals surface area contributed by atoms with Crippen LogP contribution >= 0.6 is 0 Å². The molecule has 3 aliphatic carbocycles. The first-order valence-electron chi connectivity index (χ1n) is 7.58. The van der Waals surface area contributed by atoms with E-state index in [1.165, 1.54) is 25.7 Å². The molecule has 2 bridgehead atoms. The van der Waals surface area contributed by atoms with Crippen LogP contribution in [-0.2, 0) is 9.31 Å². The van der Waals surface area contributed by atoms with E-state index in [9.17, 15) is 0 Å². The number of rotatable bonds is 1. The second-order valence-electron chi connectivity index (χ2n) is 7.54. The highest BCUT2D eigenvalue weighted by atomic mass is 16.7. The van der Waals surface area contributed by atoms with Gasteiger partial charge in [-0.15, -0.1) is 0 Å². The summed E-state index contributed by atoms with van der Waals surface area (Å²) in [6.07, 6.45) is 5.33. The minimum atomic E-state index is -0.0345. The molecule has 0 unspecified atom stereocenters. The molecular formula is C14H24BNO2. The van der Waals surface area contributed by atoms with Gasteiger partial charge in [-0.2, -0.15) is 0 Å². The Morgan fingerprint density at radius 2 is 2.06 bits per heavy atom. The van der Waals surface area contributed by atoms with Crippen LogP contribution in [0, 0.1) is 17.3 Å². The molecule has 1 N–H and O–H groups in total. The number of nitrogens with one attached hydrogen (secondary N) is 1. The highest BCUT2D eigenvalue weighted by molar-refractivity contribution is 6.47. The Morgan fingerprint density at radius 1 is 1.22 bits per heavy atom. The van der Waals surface area contributed by atoms with E-state index in [0.717, 1.165) is 12.5 Å². The maximum absolute atomic E-state index is 6.44. The van der Waals surface area contributed by atoms with Crippen molar-refractivity contribution >= 4 is 7.12 Å². The Morgan fingerprint density at radius 3 is 2.72 bits per heavy atom. The van der Waals surface area contributed by atoms with Gasteiger partial charge >= 0.3 is 7.12 Å². The number of hydrogen-bond acceptors (Lipinski definition) is 3. The zero-order valence-corrected chi connectivity index (χ0v) is 11.7. The molecule has 0 aromatic carbocycles. The third-order valence-electron chi connectivity index (χ3n) is 6.40. The van der Waals surface area contributed by atoms with Gasteiger partial charge in [0.05, 0.1) is 11.7 Å². The monoisotopic (exact) mass is 249 g/mol. The molecule has 2 saturated heterocycles. The molecule has 5 atom stereocenters. The first kappa shape index (κ1) is 11.7. The molecule has 4 heteroatoms. The van der Waals surface area contributed by atoms with Crippen molar-refractivity contribution in [2.75, 3.05) is 6.54 Å². The fourth-order valence-corrected chi connectivity index (χ4v) is 5.01. The van der Waals surface area contributed by atoms with E-state index < -0.39 is 0 Å². The van der Waals surface area contributed by atoms with Gasteiger partial charge in [0, 0.05) is 5.94 Å². The lowest BCUT2D eigenvalue weighted by molar-refractivity contribution is -0.199. The summed E-state index contributed by atoms with van der Waals surface area (Å²) in [5, 5.41) is 3.52. The van der Waals surface area contributed by atoms with Crippen LogP contribution in [0.3, 0.4) is 0 Å². The van der Waals surface area contributed by atoms with Crippen molar-refractivity contribution < 1.29 is 9.31 Å². The summed E-state index contributed by atoms with van der Waals surface area (Å²) in [5.41, 5.74) is 0.416. The molecule has 0 radical (unpaired) electrons. The van der Waals surface area contributed by atoms with E-state index in [1.807, 2.05) is 0 Å². The highest BCUT2D eigenvalue weighted by Crippen LogP contribution is 2.65. The summed E-state index contributed by atoms with van der Waals surface area (Å²) < 4.78 is 12.7. The summed E-state index contributed by atoms with van der Waals surface area (Å²) >= 11 is 0. The van der Waals surface area contributed by atoms with E-state index >= 15 is 0 Å². The van der Waals surface area contributed by atoms with Crippen molar-refractivity contribution in [1.82, 2.24) is 5.32 Å². The summed E-state index contributed by atoms with van der Waals surface area (Å²) in [7, 11) is -0.00218. The normalized spacial score (nSPS) is 53.2. The van der Waals surface area contributed by atoms with Crippen LogP contribution in [0.4, 0.5) is 0 Å². The van der Waals surface area contributed by atoms with Crippen LogP contribution in [0.25, 0.3) is 0 Å². The lowest BCUT2D eigenvalue weighted by Gasteiger charge is -2.64. The van der Waals surface area contributed by atoms with E-state index in [-0.39, 0.29) is 12.7 Å².